The first-order chi connectivity index (χ1) is 15.3. The van der Waals surface area contributed by atoms with Crippen molar-refractivity contribution in [3.8, 4) is 17.2 Å². The van der Waals surface area contributed by atoms with Crippen LogP contribution in [0.2, 0.25) is 5.02 Å². The maximum absolute atomic E-state index is 12.5. The topological polar surface area (TPSA) is 48.0 Å². The van der Waals surface area contributed by atoms with Crippen molar-refractivity contribution in [1.82, 2.24) is 4.90 Å². The minimum Gasteiger partial charge on any atom is -0.493 e. The summed E-state index contributed by atoms with van der Waals surface area (Å²) in [6, 6.07) is 9.57. The molecule has 2 aromatic rings. The van der Waals surface area contributed by atoms with Gasteiger partial charge in [-0.15, -0.1) is 0 Å². The zero-order valence-corrected chi connectivity index (χ0v) is 21.0. The van der Waals surface area contributed by atoms with Crippen molar-refractivity contribution in [2.24, 2.45) is 0 Å². The Hall–Kier alpha value is -2.22. The van der Waals surface area contributed by atoms with Crippen LogP contribution in [0.1, 0.15) is 30.0 Å². The number of halogens is 1. The standard InChI is InChI=1S/C24H26ClNO4S2/c1-5-26-23(27)21(32-24(26)31)14-17-12-18(25)22(20(13-17)28-4)30-11-7-10-29-19-9-6-8-15(2)16(19)3/h6,8-9,12-14H,5,7,10-11H2,1-4H3/b21-14+. The van der Waals surface area contributed by atoms with Gasteiger partial charge in [-0.3, -0.25) is 9.69 Å². The van der Waals surface area contributed by atoms with E-state index < -0.39 is 0 Å². The molecule has 1 fully saturated rings. The number of likely N-dealkylation sites (N-methyl/N-ethyl adjacent to an activating group) is 1. The Bertz CT molecular complexity index is 1050. The molecule has 0 aromatic heterocycles. The number of ether oxygens (including phenoxy) is 3. The largest absolute Gasteiger partial charge is 0.493 e. The first kappa shape index (κ1) is 24.4. The number of methoxy groups -OCH3 is 1. The second-order valence-electron chi connectivity index (χ2n) is 7.21. The van der Waals surface area contributed by atoms with Crippen LogP contribution in [0.3, 0.4) is 0 Å². The van der Waals surface area contributed by atoms with Crippen molar-refractivity contribution < 1.29 is 19.0 Å². The molecule has 1 heterocycles. The molecule has 0 N–H and O–H groups in total. The van der Waals surface area contributed by atoms with Gasteiger partial charge in [0, 0.05) is 13.0 Å². The number of rotatable bonds is 9. The average molecular weight is 492 g/mol. The fraction of sp³-hybridized carbons (Fsp3) is 0.333. The van der Waals surface area contributed by atoms with Crippen molar-refractivity contribution >= 4 is 51.9 Å². The molecule has 3 rings (SSSR count). The quantitative estimate of drug-likeness (QED) is 0.242. The molecule has 1 aliphatic heterocycles. The Labute approximate surface area is 203 Å². The third kappa shape index (κ3) is 5.57. The molecule has 170 valence electrons. The summed E-state index contributed by atoms with van der Waals surface area (Å²) in [5.74, 6) is 1.77. The molecule has 1 aliphatic rings. The maximum atomic E-state index is 12.5. The van der Waals surface area contributed by atoms with Crippen LogP contribution in [0.25, 0.3) is 6.08 Å². The van der Waals surface area contributed by atoms with Crippen LogP contribution in [0.4, 0.5) is 0 Å². The zero-order chi connectivity index (χ0) is 23.3. The van der Waals surface area contributed by atoms with Gasteiger partial charge in [0.15, 0.2) is 11.5 Å². The van der Waals surface area contributed by atoms with Crippen LogP contribution >= 0.6 is 35.6 Å². The van der Waals surface area contributed by atoms with E-state index in [1.54, 1.807) is 30.2 Å². The van der Waals surface area contributed by atoms with E-state index in [1.807, 2.05) is 26.0 Å². The Morgan fingerprint density at radius 2 is 1.91 bits per heavy atom. The maximum Gasteiger partial charge on any atom is 0.266 e. The number of thiocarbonyl (C=S) groups is 1. The van der Waals surface area contributed by atoms with E-state index in [4.69, 9.17) is 38.0 Å². The SMILES string of the molecule is CCN1C(=O)/C(=C\c2cc(Cl)c(OCCCOc3cccc(C)c3C)c(OC)c2)SC1=S. The van der Waals surface area contributed by atoms with Crippen LogP contribution in [0.5, 0.6) is 17.2 Å². The summed E-state index contributed by atoms with van der Waals surface area (Å²) in [4.78, 5) is 14.6. The molecule has 0 unspecified atom stereocenters. The first-order valence-electron chi connectivity index (χ1n) is 10.3. The van der Waals surface area contributed by atoms with Crippen molar-refractivity contribution in [1.29, 1.82) is 0 Å². The van der Waals surface area contributed by atoms with Gasteiger partial charge in [0.1, 0.15) is 10.1 Å². The highest BCUT2D eigenvalue weighted by Gasteiger charge is 2.30. The van der Waals surface area contributed by atoms with Crippen LogP contribution in [-0.4, -0.2) is 42.0 Å². The molecule has 0 radical (unpaired) electrons. The molecule has 0 spiro atoms. The molecule has 0 aliphatic carbocycles. The highest BCUT2D eigenvalue weighted by molar-refractivity contribution is 8.26. The summed E-state index contributed by atoms with van der Waals surface area (Å²) >= 11 is 13.0. The van der Waals surface area contributed by atoms with E-state index in [1.165, 1.54) is 17.3 Å². The molecule has 0 bridgehead atoms. The van der Waals surface area contributed by atoms with Gasteiger partial charge < -0.3 is 14.2 Å². The minimum absolute atomic E-state index is 0.0956. The molecular weight excluding hydrogens is 466 g/mol. The fourth-order valence-electron chi connectivity index (χ4n) is 3.18. The van der Waals surface area contributed by atoms with Gasteiger partial charge in [0.05, 0.1) is 30.3 Å². The number of hydrogen-bond acceptors (Lipinski definition) is 6. The Kier molecular flexibility index (Phi) is 8.45. The Balaban J connectivity index is 1.63. The first-order valence-corrected chi connectivity index (χ1v) is 11.9. The number of carbonyl (C=O) groups is 1. The molecule has 5 nitrogen and oxygen atoms in total. The number of amides is 1. The highest BCUT2D eigenvalue weighted by Crippen LogP contribution is 2.39. The summed E-state index contributed by atoms with van der Waals surface area (Å²) < 4.78 is 17.8. The van der Waals surface area contributed by atoms with Crippen molar-refractivity contribution in [3.63, 3.8) is 0 Å². The Morgan fingerprint density at radius 1 is 1.16 bits per heavy atom. The predicted molar refractivity (Wildman–Crippen MR) is 135 cm³/mol. The van der Waals surface area contributed by atoms with E-state index in [0.717, 1.165) is 16.9 Å². The van der Waals surface area contributed by atoms with Gasteiger partial charge in [-0.05, 0) is 61.7 Å². The van der Waals surface area contributed by atoms with E-state index >= 15 is 0 Å². The fourth-order valence-corrected chi connectivity index (χ4v) is 4.84. The van der Waals surface area contributed by atoms with E-state index in [9.17, 15) is 4.79 Å². The number of carbonyl (C=O) groups excluding carboxylic acids is 1. The Morgan fingerprint density at radius 3 is 2.59 bits per heavy atom. The zero-order valence-electron chi connectivity index (χ0n) is 18.6. The average Bonchev–Trinajstić information content (AvgIpc) is 3.03. The summed E-state index contributed by atoms with van der Waals surface area (Å²) in [5.41, 5.74) is 3.09. The lowest BCUT2D eigenvalue weighted by Crippen LogP contribution is -2.27. The summed E-state index contributed by atoms with van der Waals surface area (Å²) in [6.07, 6.45) is 2.46. The van der Waals surface area contributed by atoms with E-state index in [-0.39, 0.29) is 5.91 Å². The summed E-state index contributed by atoms with van der Waals surface area (Å²) in [6.45, 7) is 7.51. The van der Waals surface area contributed by atoms with Gasteiger partial charge in [-0.25, -0.2) is 0 Å². The van der Waals surface area contributed by atoms with Gasteiger partial charge in [0.2, 0.25) is 0 Å². The lowest BCUT2D eigenvalue weighted by atomic mass is 10.1. The van der Waals surface area contributed by atoms with Gasteiger partial charge >= 0.3 is 0 Å². The summed E-state index contributed by atoms with van der Waals surface area (Å²) in [5, 5.41) is 0.414. The lowest BCUT2D eigenvalue weighted by Gasteiger charge is -2.14. The van der Waals surface area contributed by atoms with Crippen LogP contribution in [-0.2, 0) is 4.79 Å². The second-order valence-corrected chi connectivity index (χ2v) is 9.29. The normalized spacial score (nSPS) is 14.9. The number of nitrogens with zero attached hydrogens (tertiary/aromatic N) is 1. The highest BCUT2D eigenvalue weighted by atomic mass is 35.5. The van der Waals surface area contributed by atoms with Crippen LogP contribution in [0, 0.1) is 13.8 Å². The van der Waals surface area contributed by atoms with Crippen LogP contribution in [0.15, 0.2) is 35.2 Å². The molecular formula is C24H26ClNO4S2. The lowest BCUT2D eigenvalue weighted by molar-refractivity contribution is -0.121. The molecule has 32 heavy (non-hydrogen) atoms. The molecule has 0 atom stereocenters. The number of thioether (sulfide) groups is 1. The minimum atomic E-state index is -0.0956. The molecule has 2 aromatic carbocycles. The number of benzene rings is 2. The predicted octanol–water partition coefficient (Wildman–Crippen LogP) is 6.03. The third-order valence-electron chi connectivity index (χ3n) is 5.09. The molecule has 0 saturated carbocycles. The van der Waals surface area contributed by atoms with Gasteiger partial charge in [0.25, 0.3) is 5.91 Å². The van der Waals surface area contributed by atoms with Crippen LogP contribution < -0.4 is 14.2 Å². The summed E-state index contributed by atoms with van der Waals surface area (Å²) in [7, 11) is 1.56. The van der Waals surface area contributed by atoms with E-state index in [0.29, 0.717) is 51.9 Å². The molecule has 1 saturated heterocycles. The van der Waals surface area contributed by atoms with Gasteiger partial charge in [-0.1, -0.05) is 47.7 Å². The molecule has 8 heteroatoms. The van der Waals surface area contributed by atoms with Gasteiger partial charge in [-0.2, -0.15) is 0 Å². The van der Waals surface area contributed by atoms with Crippen molar-refractivity contribution in [2.45, 2.75) is 27.2 Å². The molecule has 1 amide bonds. The number of hydrogen-bond donors (Lipinski definition) is 0. The number of aryl methyl sites for hydroxylation is 1. The monoisotopic (exact) mass is 491 g/mol. The van der Waals surface area contributed by atoms with E-state index in [2.05, 4.69) is 13.0 Å². The van der Waals surface area contributed by atoms with Crippen molar-refractivity contribution in [2.75, 3.05) is 26.9 Å². The smallest absolute Gasteiger partial charge is 0.266 e. The second kappa shape index (κ2) is 11.1. The van der Waals surface area contributed by atoms with Crippen molar-refractivity contribution in [3.05, 3.63) is 56.9 Å². The third-order valence-corrected chi connectivity index (χ3v) is 6.75.